The van der Waals surface area contributed by atoms with Gasteiger partial charge in [-0.2, -0.15) is 0 Å². The fourth-order valence-electron chi connectivity index (χ4n) is 3.56. The molecule has 0 bridgehead atoms. The zero-order chi connectivity index (χ0) is 19.6. The Hall–Kier alpha value is -3.99. The molecular weight excluding hydrogens is 360 g/mol. The maximum atomic E-state index is 12.8. The van der Waals surface area contributed by atoms with Gasteiger partial charge in [0.05, 0.1) is 28.7 Å². The first-order valence-corrected chi connectivity index (χ1v) is 9.44. The molecule has 2 heterocycles. The van der Waals surface area contributed by atoms with Crippen LogP contribution in [0.15, 0.2) is 85.1 Å². The van der Waals surface area contributed by atoms with Crippen LogP contribution in [0.1, 0.15) is 5.56 Å². The molecule has 5 aromatic rings. The summed E-state index contributed by atoms with van der Waals surface area (Å²) in [4.78, 5) is 25.2. The van der Waals surface area contributed by atoms with E-state index in [0.717, 1.165) is 44.6 Å². The number of para-hydroxylation sites is 4. The van der Waals surface area contributed by atoms with Crippen molar-refractivity contribution in [1.82, 2.24) is 15.0 Å². The van der Waals surface area contributed by atoms with Crippen molar-refractivity contribution in [2.24, 2.45) is 0 Å². The van der Waals surface area contributed by atoms with Crippen LogP contribution in [0.3, 0.4) is 0 Å². The number of H-pyrrole nitrogens is 1. The Bertz CT molecular complexity index is 1300. The number of carbonyl (C=O) groups excluding carboxylic acids is 1. The minimum atomic E-state index is -0.0910. The van der Waals surface area contributed by atoms with Gasteiger partial charge < -0.3 is 10.3 Å². The number of hydrogen-bond donors (Lipinski definition) is 2. The molecule has 3 aromatic carbocycles. The third-order valence-electron chi connectivity index (χ3n) is 4.91. The number of nitrogens with zero attached hydrogens (tertiary/aromatic N) is 2. The lowest BCUT2D eigenvalue weighted by molar-refractivity contribution is -0.115. The second-order valence-electron chi connectivity index (χ2n) is 6.87. The lowest BCUT2D eigenvalue weighted by Gasteiger charge is -2.10. The topological polar surface area (TPSA) is 70.7 Å². The van der Waals surface area contributed by atoms with Gasteiger partial charge in [-0.15, -0.1) is 0 Å². The predicted molar refractivity (Wildman–Crippen MR) is 116 cm³/mol. The molecule has 0 radical (unpaired) electrons. The molecule has 0 aliphatic carbocycles. The smallest absolute Gasteiger partial charge is 0.228 e. The number of imidazole rings is 1. The summed E-state index contributed by atoms with van der Waals surface area (Å²) in [5.74, 6) is 0.639. The second kappa shape index (κ2) is 7.20. The Morgan fingerprint density at radius 3 is 2.66 bits per heavy atom. The monoisotopic (exact) mass is 378 g/mol. The van der Waals surface area contributed by atoms with Crippen molar-refractivity contribution < 1.29 is 4.79 Å². The van der Waals surface area contributed by atoms with Crippen LogP contribution in [0.2, 0.25) is 0 Å². The number of hydrogen-bond acceptors (Lipinski definition) is 3. The lowest BCUT2D eigenvalue weighted by atomic mass is 10.1. The van der Waals surface area contributed by atoms with Gasteiger partial charge in [0, 0.05) is 17.1 Å². The van der Waals surface area contributed by atoms with Gasteiger partial charge in [0.15, 0.2) is 0 Å². The molecular formula is C24H18N4O. The third-order valence-corrected chi connectivity index (χ3v) is 4.91. The maximum absolute atomic E-state index is 12.8. The van der Waals surface area contributed by atoms with E-state index in [4.69, 9.17) is 0 Å². The molecule has 29 heavy (non-hydrogen) atoms. The average Bonchev–Trinajstić information content (AvgIpc) is 3.18. The van der Waals surface area contributed by atoms with E-state index < -0.39 is 0 Å². The number of aromatic nitrogens is 3. The van der Waals surface area contributed by atoms with Gasteiger partial charge in [-0.25, -0.2) is 4.98 Å². The molecule has 2 N–H and O–H groups in total. The molecule has 140 valence electrons. The molecule has 0 aliphatic rings. The van der Waals surface area contributed by atoms with Crippen LogP contribution in [-0.4, -0.2) is 20.9 Å². The standard InChI is InChI=1S/C24H18N4O/c29-22(15-17-8-5-7-16-9-6-14-25-23(16)17)26-19-11-2-1-10-18(19)24-27-20-12-3-4-13-21(20)28-24/h1-14H,15H2,(H,26,29)(H,27,28). The van der Waals surface area contributed by atoms with Crippen LogP contribution in [0.5, 0.6) is 0 Å². The van der Waals surface area contributed by atoms with Crippen molar-refractivity contribution in [1.29, 1.82) is 0 Å². The first-order chi connectivity index (χ1) is 14.3. The van der Waals surface area contributed by atoms with Crippen LogP contribution in [0.4, 0.5) is 5.69 Å². The predicted octanol–water partition coefficient (Wildman–Crippen LogP) is 4.96. The Morgan fingerprint density at radius 1 is 0.897 bits per heavy atom. The summed E-state index contributed by atoms with van der Waals surface area (Å²) in [5, 5.41) is 4.07. The van der Waals surface area contributed by atoms with Crippen LogP contribution in [-0.2, 0) is 11.2 Å². The number of nitrogens with one attached hydrogen (secondary N) is 2. The molecule has 5 heteroatoms. The number of rotatable bonds is 4. The zero-order valence-corrected chi connectivity index (χ0v) is 15.6. The van der Waals surface area contributed by atoms with Crippen molar-refractivity contribution in [3.63, 3.8) is 0 Å². The van der Waals surface area contributed by atoms with E-state index in [0.29, 0.717) is 0 Å². The van der Waals surface area contributed by atoms with Crippen molar-refractivity contribution >= 4 is 33.5 Å². The van der Waals surface area contributed by atoms with Crippen LogP contribution < -0.4 is 5.32 Å². The van der Waals surface area contributed by atoms with Crippen LogP contribution in [0, 0.1) is 0 Å². The summed E-state index contributed by atoms with van der Waals surface area (Å²) >= 11 is 0. The van der Waals surface area contributed by atoms with Gasteiger partial charge in [0.25, 0.3) is 0 Å². The molecule has 5 rings (SSSR count). The van der Waals surface area contributed by atoms with E-state index in [-0.39, 0.29) is 12.3 Å². The van der Waals surface area contributed by atoms with Crippen molar-refractivity contribution in [3.8, 4) is 11.4 Å². The van der Waals surface area contributed by atoms with Gasteiger partial charge in [0.1, 0.15) is 5.82 Å². The molecule has 0 saturated carbocycles. The van der Waals surface area contributed by atoms with Gasteiger partial charge >= 0.3 is 0 Å². The van der Waals surface area contributed by atoms with Crippen LogP contribution >= 0.6 is 0 Å². The number of carbonyl (C=O) groups is 1. The normalized spacial score (nSPS) is 11.0. The van der Waals surface area contributed by atoms with E-state index in [2.05, 4.69) is 20.3 Å². The summed E-state index contributed by atoms with van der Waals surface area (Å²) in [6.07, 6.45) is 2.00. The molecule has 0 spiro atoms. The van der Waals surface area contributed by atoms with E-state index in [1.807, 2.05) is 78.9 Å². The summed E-state index contributed by atoms with van der Waals surface area (Å²) in [7, 11) is 0. The first-order valence-electron chi connectivity index (χ1n) is 9.44. The third kappa shape index (κ3) is 3.34. The fourth-order valence-corrected chi connectivity index (χ4v) is 3.56. The Morgan fingerprint density at radius 2 is 1.72 bits per heavy atom. The Labute approximate surface area is 167 Å². The molecule has 5 nitrogen and oxygen atoms in total. The van der Waals surface area contributed by atoms with Crippen molar-refractivity contribution in [2.45, 2.75) is 6.42 Å². The van der Waals surface area contributed by atoms with Gasteiger partial charge in [-0.1, -0.05) is 48.5 Å². The summed E-state index contributed by atoms with van der Waals surface area (Å²) in [5.41, 5.74) is 5.20. The van der Waals surface area contributed by atoms with Crippen LogP contribution in [0.25, 0.3) is 33.3 Å². The number of pyridine rings is 1. The molecule has 2 aromatic heterocycles. The van der Waals surface area contributed by atoms with Gasteiger partial charge in [-0.3, -0.25) is 9.78 Å². The average molecular weight is 378 g/mol. The molecule has 0 aliphatic heterocycles. The highest BCUT2D eigenvalue weighted by molar-refractivity contribution is 5.98. The highest BCUT2D eigenvalue weighted by Gasteiger charge is 2.13. The minimum absolute atomic E-state index is 0.0910. The largest absolute Gasteiger partial charge is 0.338 e. The van der Waals surface area contributed by atoms with Crippen molar-refractivity contribution in [3.05, 3.63) is 90.6 Å². The summed E-state index contributed by atoms with van der Waals surface area (Å²) in [6.45, 7) is 0. The van der Waals surface area contributed by atoms with E-state index in [9.17, 15) is 4.79 Å². The highest BCUT2D eigenvalue weighted by atomic mass is 16.1. The van der Waals surface area contributed by atoms with E-state index in [1.165, 1.54) is 0 Å². The first kappa shape index (κ1) is 17.1. The van der Waals surface area contributed by atoms with E-state index >= 15 is 0 Å². The van der Waals surface area contributed by atoms with Gasteiger partial charge in [0.2, 0.25) is 5.91 Å². The maximum Gasteiger partial charge on any atom is 0.228 e. The summed E-state index contributed by atoms with van der Waals surface area (Å²) < 4.78 is 0. The molecule has 0 atom stereocenters. The Balaban J connectivity index is 1.44. The van der Waals surface area contributed by atoms with Gasteiger partial charge in [-0.05, 0) is 35.9 Å². The zero-order valence-electron chi connectivity index (χ0n) is 15.6. The molecule has 0 fully saturated rings. The number of amides is 1. The number of aromatic amines is 1. The fraction of sp³-hybridized carbons (Fsp3) is 0.0417. The SMILES string of the molecule is O=C(Cc1cccc2cccnc12)Nc1ccccc1-c1nc2ccccc2[nH]1. The van der Waals surface area contributed by atoms with Crippen molar-refractivity contribution in [2.75, 3.05) is 5.32 Å². The second-order valence-corrected chi connectivity index (χ2v) is 6.87. The Kier molecular flexibility index (Phi) is 4.26. The highest BCUT2D eigenvalue weighted by Crippen LogP contribution is 2.28. The molecule has 0 unspecified atom stereocenters. The lowest BCUT2D eigenvalue weighted by Crippen LogP contribution is -2.15. The molecule has 1 amide bonds. The number of anilines is 1. The number of benzene rings is 3. The summed E-state index contributed by atoms with van der Waals surface area (Å²) in [6, 6.07) is 25.4. The van der Waals surface area contributed by atoms with E-state index in [1.54, 1.807) is 6.20 Å². The quantitative estimate of drug-likeness (QED) is 0.464. The molecule has 0 saturated heterocycles. The minimum Gasteiger partial charge on any atom is -0.338 e. The number of fused-ring (bicyclic) bond motifs is 2.